The second-order valence-corrected chi connectivity index (χ2v) is 7.61. The van der Waals surface area contributed by atoms with Crippen molar-refractivity contribution in [3.63, 3.8) is 0 Å². The van der Waals surface area contributed by atoms with Crippen molar-refractivity contribution in [1.29, 1.82) is 0 Å². The van der Waals surface area contributed by atoms with E-state index in [2.05, 4.69) is 55.5 Å². The summed E-state index contributed by atoms with van der Waals surface area (Å²) in [4.78, 5) is 12.5. The Balaban J connectivity index is 1.70. The van der Waals surface area contributed by atoms with Gasteiger partial charge in [-0.25, -0.2) is 9.36 Å². The molecule has 0 saturated carbocycles. The van der Waals surface area contributed by atoms with E-state index in [9.17, 15) is 4.79 Å². The number of carbonyl (C=O) groups is 1. The van der Waals surface area contributed by atoms with Gasteiger partial charge in [0.25, 0.3) is 0 Å². The molecule has 1 aromatic heterocycles. The molecule has 0 aliphatic heterocycles. The maximum Gasteiger partial charge on any atom is 0.349 e. The summed E-state index contributed by atoms with van der Waals surface area (Å²) in [6, 6.07) is 32.2. The van der Waals surface area contributed by atoms with Crippen molar-refractivity contribution in [2.75, 3.05) is 0 Å². The fourth-order valence-electron chi connectivity index (χ4n) is 3.85. The first kappa shape index (κ1) is 21.3. The van der Waals surface area contributed by atoms with Gasteiger partial charge in [0.1, 0.15) is 18.4 Å². The fraction of sp³-hybridized carbons (Fsp3) is 0.103. The highest BCUT2D eigenvalue weighted by Crippen LogP contribution is 2.34. The van der Waals surface area contributed by atoms with Gasteiger partial charge >= 0.3 is 5.97 Å². The molecule has 0 aliphatic rings. The number of pyridine rings is 1. The van der Waals surface area contributed by atoms with Crippen LogP contribution >= 0.6 is 0 Å². The average molecular weight is 421 g/mol. The molecule has 1 heterocycles. The highest BCUT2D eigenvalue weighted by atomic mass is 16.5. The predicted molar refractivity (Wildman–Crippen MR) is 128 cm³/mol. The van der Waals surface area contributed by atoms with Gasteiger partial charge in [-0.15, -0.1) is 0 Å². The lowest BCUT2D eigenvalue weighted by atomic mass is 9.88. The van der Waals surface area contributed by atoms with Crippen molar-refractivity contribution in [2.45, 2.75) is 13.3 Å². The standard InChI is InChI=1S/C29H26NO2/c1-3-27(22-11-6-4-7-12-22)28(23-13-8-5-9-14-23)24-16-18-26(19-17-24)32-29(31)25-15-10-20-30(2)21-25/h4-21H,3H2,1-2H3/q+1/b28-27+. The number of nitrogens with zero attached hydrogens (tertiary/aromatic N) is 1. The van der Waals surface area contributed by atoms with Gasteiger partial charge in [-0.05, 0) is 52.5 Å². The molecule has 32 heavy (non-hydrogen) atoms. The lowest BCUT2D eigenvalue weighted by Crippen LogP contribution is -2.28. The van der Waals surface area contributed by atoms with Crippen LogP contribution in [0.5, 0.6) is 5.75 Å². The van der Waals surface area contributed by atoms with Gasteiger partial charge < -0.3 is 4.74 Å². The third-order valence-corrected chi connectivity index (χ3v) is 5.37. The number of hydrogen-bond donors (Lipinski definition) is 0. The SMILES string of the molecule is CC/C(=C(/c1ccccc1)c1ccc(OC(=O)c2ccc[n+](C)c2)cc1)c1ccccc1. The second-order valence-electron chi connectivity index (χ2n) is 7.61. The molecule has 0 fully saturated rings. The summed E-state index contributed by atoms with van der Waals surface area (Å²) < 4.78 is 7.42. The highest BCUT2D eigenvalue weighted by molar-refractivity contribution is 5.98. The van der Waals surface area contributed by atoms with Crippen LogP contribution in [-0.4, -0.2) is 5.97 Å². The molecule has 0 bridgehead atoms. The Morgan fingerprint density at radius 2 is 1.28 bits per heavy atom. The molecule has 0 amide bonds. The van der Waals surface area contributed by atoms with Gasteiger partial charge in [0.2, 0.25) is 0 Å². The first-order chi connectivity index (χ1) is 15.7. The summed E-state index contributed by atoms with van der Waals surface area (Å²) in [6.45, 7) is 2.18. The van der Waals surface area contributed by atoms with Crippen molar-refractivity contribution in [3.8, 4) is 5.75 Å². The van der Waals surface area contributed by atoms with Crippen LogP contribution in [0.4, 0.5) is 0 Å². The number of hydrogen-bond acceptors (Lipinski definition) is 2. The molecule has 3 nitrogen and oxygen atoms in total. The summed E-state index contributed by atoms with van der Waals surface area (Å²) >= 11 is 0. The summed E-state index contributed by atoms with van der Waals surface area (Å²) in [5, 5.41) is 0. The zero-order valence-corrected chi connectivity index (χ0v) is 18.4. The molecule has 4 rings (SSSR count). The third-order valence-electron chi connectivity index (χ3n) is 5.37. The van der Waals surface area contributed by atoms with E-state index in [0.717, 1.165) is 17.5 Å². The van der Waals surface area contributed by atoms with E-state index in [4.69, 9.17) is 4.74 Å². The van der Waals surface area contributed by atoms with E-state index in [0.29, 0.717) is 11.3 Å². The molecule has 0 radical (unpaired) electrons. The molecule has 158 valence electrons. The molecule has 0 saturated heterocycles. The topological polar surface area (TPSA) is 30.2 Å². The van der Waals surface area contributed by atoms with Crippen LogP contribution in [0.3, 0.4) is 0 Å². The van der Waals surface area contributed by atoms with Crippen molar-refractivity contribution in [2.24, 2.45) is 7.05 Å². The van der Waals surface area contributed by atoms with E-state index in [-0.39, 0.29) is 5.97 Å². The Labute approximate surface area is 189 Å². The van der Waals surface area contributed by atoms with Gasteiger partial charge in [0, 0.05) is 6.07 Å². The van der Waals surface area contributed by atoms with Crippen LogP contribution in [0.15, 0.2) is 109 Å². The smallest absolute Gasteiger partial charge is 0.349 e. The lowest BCUT2D eigenvalue weighted by molar-refractivity contribution is -0.671. The number of esters is 1. The summed E-state index contributed by atoms with van der Waals surface area (Å²) in [6.07, 6.45) is 4.53. The predicted octanol–water partition coefficient (Wildman–Crippen LogP) is 6.10. The number of aryl methyl sites for hydroxylation is 1. The van der Waals surface area contributed by atoms with Gasteiger partial charge in [-0.3, -0.25) is 0 Å². The van der Waals surface area contributed by atoms with Crippen LogP contribution in [0.25, 0.3) is 11.1 Å². The minimum Gasteiger partial charge on any atom is -0.423 e. The number of allylic oxidation sites excluding steroid dienone is 1. The normalized spacial score (nSPS) is 11.6. The molecule has 0 unspecified atom stereocenters. The van der Waals surface area contributed by atoms with E-state index in [1.807, 2.05) is 60.3 Å². The molecular formula is C29H26NO2+. The minimum absolute atomic E-state index is 0.369. The van der Waals surface area contributed by atoms with Gasteiger partial charge in [0.05, 0.1) is 0 Å². The molecule has 0 N–H and O–H groups in total. The molecule has 4 aromatic rings. The zero-order chi connectivity index (χ0) is 22.3. The quantitative estimate of drug-likeness (QED) is 0.163. The molecule has 0 spiro atoms. The van der Waals surface area contributed by atoms with E-state index < -0.39 is 0 Å². The van der Waals surface area contributed by atoms with Gasteiger partial charge in [-0.2, -0.15) is 0 Å². The number of ether oxygens (including phenoxy) is 1. The van der Waals surface area contributed by atoms with Crippen molar-refractivity contribution in [3.05, 3.63) is 132 Å². The molecular weight excluding hydrogens is 394 g/mol. The Hall–Kier alpha value is -3.98. The summed E-state index contributed by atoms with van der Waals surface area (Å²) in [7, 11) is 1.88. The number of carbonyl (C=O) groups excluding carboxylic acids is 1. The maximum absolute atomic E-state index is 12.5. The number of rotatable bonds is 6. The zero-order valence-electron chi connectivity index (χ0n) is 18.4. The number of benzene rings is 3. The first-order valence-corrected chi connectivity index (χ1v) is 10.8. The van der Waals surface area contributed by atoms with Crippen molar-refractivity contribution in [1.82, 2.24) is 0 Å². The van der Waals surface area contributed by atoms with Crippen LogP contribution in [0, 0.1) is 0 Å². The van der Waals surface area contributed by atoms with Crippen molar-refractivity contribution < 1.29 is 14.1 Å². The van der Waals surface area contributed by atoms with Crippen LogP contribution in [-0.2, 0) is 7.05 Å². The van der Waals surface area contributed by atoms with E-state index in [1.54, 1.807) is 12.3 Å². The van der Waals surface area contributed by atoms with E-state index >= 15 is 0 Å². The molecule has 0 aliphatic carbocycles. The van der Waals surface area contributed by atoms with Gasteiger partial charge in [0.15, 0.2) is 12.4 Å². The van der Waals surface area contributed by atoms with Crippen molar-refractivity contribution >= 4 is 17.1 Å². The third kappa shape index (κ3) is 4.84. The average Bonchev–Trinajstić information content (AvgIpc) is 2.84. The van der Waals surface area contributed by atoms with Gasteiger partial charge in [-0.1, -0.05) is 79.7 Å². The van der Waals surface area contributed by atoms with E-state index in [1.165, 1.54) is 16.7 Å². The summed E-state index contributed by atoms with van der Waals surface area (Å²) in [5.41, 5.74) is 6.44. The monoisotopic (exact) mass is 420 g/mol. The highest BCUT2D eigenvalue weighted by Gasteiger charge is 2.15. The minimum atomic E-state index is -0.369. The fourth-order valence-corrected chi connectivity index (χ4v) is 3.85. The lowest BCUT2D eigenvalue weighted by Gasteiger charge is -2.16. The Kier molecular flexibility index (Phi) is 6.57. The molecule has 3 heteroatoms. The Morgan fingerprint density at radius 1 is 0.719 bits per heavy atom. The largest absolute Gasteiger partial charge is 0.423 e. The second kappa shape index (κ2) is 9.88. The Morgan fingerprint density at radius 3 is 1.88 bits per heavy atom. The van der Waals surface area contributed by atoms with Crippen LogP contribution in [0.1, 0.15) is 40.4 Å². The first-order valence-electron chi connectivity index (χ1n) is 10.8. The molecule has 3 aromatic carbocycles. The van der Waals surface area contributed by atoms with Crippen LogP contribution < -0.4 is 9.30 Å². The number of aromatic nitrogens is 1. The summed E-state index contributed by atoms with van der Waals surface area (Å²) in [5.74, 6) is 0.154. The maximum atomic E-state index is 12.5. The Bertz CT molecular complexity index is 1230. The van der Waals surface area contributed by atoms with Crippen LogP contribution in [0.2, 0.25) is 0 Å². The molecule has 0 atom stereocenters.